The molecule has 2 heterocycles. The molecule has 1 amide bonds. The molecule has 6 heteroatoms. The second-order valence-corrected chi connectivity index (χ2v) is 8.19. The quantitative estimate of drug-likeness (QED) is 0.531. The number of anilines is 1. The van der Waals surface area contributed by atoms with E-state index in [1.165, 1.54) is 11.3 Å². The van der Waals surface area contributed by atoms with Crippen LogP contribution in [0.15, 0.2) is 64.5 Å². The van der Waals surface area contributed by atoms with Crippen molar-refractivity contribution in [1.82, 2.24) is 4.98 Å². The maximum Gasteiger partial charge on any atom is 0.260 e. The minimum absolute atomic E-state index is 0.0491. The molecule has 1 aromatic heterocycles. The number of aromatic nitrogens is 1. The number of benzene rings is 2. The lowest BCUT2D eigenvalue weighted by atomic mass is 10.1. The van der Waals surface area contributed by atoms with Gasteiger partial charge in [-0.05, 0) is 37.1 Å². The van der Waals surface area contributed by atoms with E-state index in [9.17, 15) is 4.79 Å². The zero-order valence-electron chi connectivity index (χ0n) is 14.7. The van der Waals surface area contributed by atoms with E-state index in [1.54, 1.807) is 4.90 Å². The summed E-state index contributed by atoms with van der Waals surface area (Å²) in [5, 5.41) is 2.71. The van der Waals surface area contributed by atoms with Crippen molar-refractivity contribution in [3.63, 3.8) is 0 Å². The van der Waals surface area contributed by atoms with E-state index in [0.29, 0.717) is 17.2 Å². The summed E-state index contributed by atoms with van der Waals surface area (Å²) in [6.45, 7) is 1.29. The highest BCUT2D eigenvalue weighted by atomic mass is 79.9. The van der Waals surface area contributed by atoms with Gasteiger partial charge in [-0.2, -0.15) is 0 Å². The van der Waals surface area contributed by atoms with Crippen LogP contribution >= 0.6 is 27.3 Å². The Balaban J connectivity index is 1.64. The van der Waals surface area contributed by atoms with Crippen molar-refractivity contribution in [2.24, 2.45) is 0 Å². The average Bonchev–Trinajstić information content (AvgIpc) is 3.39. The van der Waals surface area contributed by atoms with E-state index >= 15 is 0 Å². The highest BCUT2D eigenvalue weighted by molar-refractivity contribution is 9.10. The van der Waals surface area contributed by atoms with Crippen LogP contribution < -0.4 is 4.90 Å². The maximum absolute atomic E-state index is 13.2. The van der Waals surface area contributed by atoms with Gasteiger partial charge in [-0.25, -0.2) is 4.98 Å². The Morgan fingerprint density at radius 1 is 1.19 bits per heavy atom. The Kier molecular flexibility index (Phi) is 5.66. The Labute approximate surface area is 170 Å². The Bertz CT molecular complexity index is 905. The van der Waals surface area contributed by atoms with Crippen molar-refractivity contribution in [1.29, 1.82) is 0 Å². The number of carbonyl (C=O) groups is 1. The number of hydrogen-bond donors (Lipinski definition) is 0. The van der Waals surface area contributed by atoms with E-state index in [2.05, 4.69) is 15.9 Å². The lowest BCUT2D eigenvalue weighted by Crippen LogP contribution is -2.37. The van der Waals surface area contributed by atoms with Crippen molar-refractivity contribution in [2.45, 2.75) is 18.9 Å². The summed E-state index contributed by atoms with van der Waals surface area (Å²) in [4.78, 5) is 19.7. The molecule has 0 spiro atoms. The molecule has 1 atom stereocenters. The standard InChI is InChI=1S/C21H19BrN2O2S/c22-17-10-8-16(9-11-17)20(25)24(13-18-7-4-12-26-18)21-23-19(14-27-21)15-5-2-1-3-6-15/h1-3,5-6,8-11,14,18H,4,7,12-13H2. The van der Waals surface area contributed by atoms with Gasteiger partial charge in [0.2, 0.25) is 0 Å². The van der Waals surface area contributed by atoms with E-state index < -0.39 is 0 Å². The van der Waals surface area contributed by atoms with Crippen molar-refractivity contribution < 1.29 is 9.53 Å². The molecule has 0 bridgehead atoms. The van der Waals surface area contributed by atoms with Crippen LogP contribution in [0.2, 0.25) is 0 Å². The molecule has 27 heavy (non-hydrogen) atoms. The summed E-state index contributed by atoms with van der Waals surface area (Å²) < 4.78 is 6.73. The molecule has 0 radical (unpaired) electrons. The van der Waals surface area contributed by atoms with Crippen LogP contribution in [0.4, 0.5) is 5.13 Å². The van der Waals surface area contributed by atoms with Crippen LogP contribution in [0.5, 0.6) is 0 Å². The Hall–Kier alpha value is -2.02. The summed E-state index contributed by atoms with van der Waals surface area (Å²) in [5.41, 5.74) is 2.58. The summed E-state index contributed by atoms with van der Waals surface area (Å²) in [7, 11) is 0. The number of carbonyl (C=O) groups excluding carboxylic acids is 1. The van der Waals surface area contributed by atoms with Crippen molar-refractivity contribution in [2.75, 3.05) is 18.1 Å². The third kappa shape index (κ3) is 4.29. The first-order valence-corrected chi connectivity index (χ1v) is 10.6. The number of amides is 1. The first-order valence-electron chi connectivity index (χ1n) is 8.91. The number of halogens is 1. The second-order valence-electron chi connectivity index (χ2n) is 6.44. The van der Waals surface area contributed by atoms with Crippen molar-refractivity contribution in [3.05, 3.63) is 70.0 Å². The van der Waals surface area contributed by atoms with E-state index in [4.69, 9.17) is 9.72 Å². The molecule has 0 aliphatic carbocycles. The molecule has 0 saturated carbocycles. The van der Waals surface area contributed by atoms with Crippen LogP contribution in [0, 0.1) is 0 Å². The van der Waals surface area contributed by atoms with Crippen LogP contribution in [0.3, 0.4) is 0 Å². The van der Waals surface area contributed by atoms with Crippen molar-refractivity contribution >= 4 is 38.3 Å². The molecule has 1 unspecified atom stereocenters. The first kappa shape index (κ1) is 18.3. The molecule has 138 valence electrons. The molecule has 1 saturated heterocycles. The third-order valence-electron chi connectivity index (χ3n) is 4.54. The van der Waals surface area contributed by atoms with Gasteiger partial charge >= 0.3 is 0 Å². The smallest absolute Gasteiger partial charge is 0.260 e. The first-order chi connectivity index (χ1) is 13.2. The molecule has 4 nitrogen and oxygen atoms in total. The fraction of sp³-hybridized carbons (Fsp3) is 0.238. The van der Waals surface area contributed by atoms with Crippen LogP contribution in [0.1, 0.15) is 23.2 Å². The highest BCUT2D eigenvalue weighted by Crippen LogP contribution is 2.29. The molecule has 2 aromatic carbocycles. The number of ether oxygens (including phenoxy) is 1. The molecular formula is C21H19BrN2O2S. The Morgan fingerprint density at radius 3 is 2.67 bits per heavy atom. The number of nitrogens with zero attached hydrogens (tertiary/aromatic N) is 2. The van der Waals surface area contributed by atoms with Gasteiger partial charge in [0.15, 0.2) is 5.13 Å². The van der Waals surface area contributed by atoms with Gasteiger partial charge in [0, 0.05) is 27.6 Å². The fourth-order valence-electron chi connectivity index (χ4n) is 3.12. The van der Waals surface area contributed by atoms with Crippen LogP contribution in [0.25, 0.3) is 11.3 Å². The number of rotatable bonds is 5. The normalized spacial score (nSPS) is 16.4. The molecule has 1 aliphatic heterocycles. The van der Waals surface area contributed by atoms with Crippen LogP contribution in [-0.2, 0) is 4.74 Å². The second kappa shape index (κ2) is 8.33. The van der Waals surface area contributed by atoms with Crippen LogP contribution in [-0.4, -0.2) is 30.1 Å². The van der Waals surface area contributed by atoms with Gasteiger partial charge in [0.25, 0.3) is 5.91 Å². The molecule has 0 N–H and O–H groups in total. The monoisotopic (exact) mass is 442 g/mol. The number of hydrogen-bond acceptors (Lipinski definition) is 4. The zero-order valence-corrected chi connectivity index (χ0v) is 17.1. The highest BCUT2D eigenvalue weighted by Gasteiger charge is 2.26. The minimum atomic E-state index is -0.0491. The summed E-state index contributed by atoms with van der Waals surface area (Å²) in [5.74, 6) is -0.0491. The maximum atomic E-state index is 13.2. The Morgan fingerprint density at radius 2 is 1.96 bits per heavy atom. The lowest BCUT2D eigenvalue weighted by Gasteiger charge is -2.23. The summed E-state index contributed by atoms with van der Waals surface area (Å²) in [6, 6.07) is 17.5. The molecule has 4 rings (SSSR count). The minimum Gasteiger partial charge on any atom is -0.376 e. The largest absolute Gasteiger partial charge is 0.376 e. The summed E-state index contributed by atoms with van der Waals surface area (Å²) in [6.07, 6.45) is 2.08. The van der Waals surface area contributed by atoms with E-state index in [-0.39, 0.29) is 12.0 Å². The summed E-state index contributed by atoms with van der Waals surface area (Å²) >= 11 is 4.91. The lowest BCUT2D eigenvalue weighted by molar-refractivity contribution is 0.0917. The predicted octanol–water partition coefficient (Wildman–Crippen LogP) is 5.40. The number of thiazole rings is 1. The topological polar surface area (TPSA) is 42.4 Å². The van der Waals surface area contributed by atoms with E-state index in [1.807, 2.05) is 60.0 Å². The van der Waals surface area contributed by atoms with Crippen molar-refractivity contribution in [3.8, 4) is 11.3 Å². The predicted molar refractivity (Wildman–Crippen MR) is 112 cm³/mol. The van der Waals surface area contributed by atoms with Gasteiger partial charge in [0.05, 0.1) is 18.3 Å². The molecular weight excluding hydrogens is 424 g/mol. The SMILES string of the molecule is O=C(c1ccc(Br)cc1)N(CC1CCCO1)c1nc(-c2ccccc2)cs1. The van der Waals surface area contributed by atoms with Gasteiger partial charge in [-0.1, -0.05) is 46.3 Å². The molecule has 1 aliphatic rings. The van der Waals surface area contributed by atoms with Gasteiger partial charge in [0.1, 0.15) is 0 Å². The van der Waals surface area contributed by atoms with Gasteiger partial charge < -0.3 is 4.74 Å². The van der Waals surface area contributed by atoms with Gasteiger partial charge in [-0.3, -0.25) is 9.69 Å². The van der Waals surface area contributed by atoms with E-state index in [0.717, 1.165) is 35.2 Å². The molecule has 1 fully saturated rings. The third-order valence-corrected chi connectivity index (χ3v) is 5.93. The average molecular weight is 443 g/mol. The zero-order chi connectivity index (χ0) is 18.6. The molecule has 3 aromatic rings. The van der Waals surface area contributed by atoms with Gasteiger partial charge in [-0.15, -0.1) is 11.3 Å². The fourth-order valence-corrected chi connectivity index (χ4v) is 4.22.